The van der Waals surface area contributed by atoms with Crippen molar-refractivity contribution in [1.29, 1.82) is 0 Å². The third-order valence-electron chi connectivity index (χ3n) is 2.30. The Morgan fingerprint density at radius 1 is 1.50 bits per heavy atom. The third kappa shape index (κ3) is 1.82. The van der Waals surface area contributed by atoms with Crippen LogP contribution in [0.4, 0.5) is 5.69 Å². The number of benzene rings is 1. The van der Waals surface area contributed by atoms with Gasteiger partial charge < -0.3 is 10.1 Å². The molecule has 0 radical (unpaired) electrons. The first-order chi connectivity index (χ1) is 6.90. The number of fused-ring (bicyclic) bond motifs is 1. The molecule has 72 valence electrons. The van der Waals surface area contributed by atoms with Crippen LogP contribution >= 0.6 is 0 Å². The van der Waals surface area contributed by atoms with Crippen LogP contribution in [0.3, 0.4) is 0 Å². The van der Waals surface area contributed by atoms with Gasteiger partial charge in [-0.25, -0.2) is 0 Å². The zero-order chi connectivity index (χ0) is 9.80. The highest BCUT2D eigenvalue weighted by atomic mass is 16.5. The van der Waals surface area contributed by atoms with Crippen LogP contribution in [-0.2, 0) is 6.42 Å². The summed E-state index contributed by atoms with van der Waals surface area (Å²) in [5.41, 5.74) is 2.35. The van der Waals surface area contributed by atoms with Crippen molar-refractivity contribution < 1.29 is 4.74 Å². The Morgan fingerprint density at radius 3 is 3.29 bits per heavy atom. The maximum atomic E-state index is 5.51. The van der Waals surface area contributed by atoms with Crippen molar-refractivity contribution in [2.24, 2.45) is 0 Å². The Balaban J connectivity index is 2.17. The first-order valence-electron chi connectivity index (χ1n) is 4.83. The van der Waals surface area contributed by atoms with E-state index in [4.69, 9.17) is 11.2 Å². The van der Waals surface area contributed by atoms with Gasteiger partial charge in [0.15, 0.2) is 0 Å². The lowest BCUT2D eigenvalue weighted by Crippen LogP contribution is -2.09. The molecule has 0 spiro atoms. The molecule has 0 atom stereocenters. The van der Waals surface area contributed by atoms with E-state index in [9.17, 15) is 0 Å². The van der Waals surface area contributed by atoms with Gasteiger partial charge in [-0.2, -0.15) is 0 Å². The number of rotatable bonds is 2. The van der Waals surface area contributed by atoms with Crippen LogP contribution in [0.1, 0.15) is 12.0 Å². The number of nitrogens with one attached hydrogen (secondary N) is 1. The third-order valence-corrected chi connectivity index (χ3v) is 2.30. The van der Waals surface area contributed by atoms with E-state index in [2.05, 4.69) is 17.3 Å². The molecule has 1 aromatic rings. The summed E-state index contributed by atoms with van der Waals surface area (Å²) in [5, 5.41) is 3.15. The van der Waals surface area contributed by atoms with Gasteiger partial charge in [-0.15, -0.1) is 6.42 Å². The van der Waals surface area contributed by atoms with E-state index in [0.717, 1.165) is 30.9 Å². The molecule has 2 nitrogen and oxygen atoms in total. The average molecular weight is 187 g/mol. The van der Waals surface area contributed by atoms with E-state index < -0.39 is 0 Å². The van der Waals surface area contributed by atoms with Crippen LogP contribution in [0.2, 0.25) is 0 Å². The monoisotopic (exact) mass is 187 g/mol. The first kappa shape index (κ1) is 8.96. The minimum atomic E-state index is 0.569. The SMILES string of the molecule is C#CCNc1ccc2c(c1)CCCO2. The molecule has 0 aliphatic carbocycles. The zero-order valence-corrected chi connectivity index (χ0v) is 8.05. The summed E-state index contributed by atoms with van der Waals surface area (Å²) in [6.07, 6.45) is 7.38. The fourth-order valence-corrected chi connectivity index (χ4v) is 1.62. The van der Waals surface area contributed by atoms with Crippen molar-refractivity contribution in [2.75, 3.05) is 18.5 Å². The van der Waals surface area contributed by atoms with Crippen LogP contribution in [0.5, 0.6) is 5.75 Å². The number of ether oxygens (including phenoxy) is 1. The molecule has 0 fully saturated rings. The summed E-state index contributed by atoms with van der Waals surface area (Å²) in [4.78, 5) is 0. The molecular formula is C12H13NO. The van der Waals surface area contributed by atoms with E-state index in [1.807, 2.05) is 12.1 Å². The largest absolute Gasteiger partial charge is 0.493 e. The first-order valence-corrected chi connectivity index (χ1v) is 4.83. The summed E-state index contributed by atoms with van der Waals surface area (Å²) in [5.74, 6) is 3.57. The molecule has 0 saturated heterocycles. The Labute approximate surface area is 84.3 Å². The van der Waals surface area contributed by atoms with Crippen LogP contribution in [-0.4, -0.2) is 13.2 Å². The number of hydrogen-bond acceptors (Lipinski definition) is 2. The standard InChI is InChI=1S/C12H13NO/c1-2-7-13-11-5-6-12-10(9-11)4-3-8-14-12/h1,5-6,9,13H,3-4,7-8H2. The van der Waals surface area contributed by atoms with E-state index >= 15 is 0 Å². The Hall–Kier alpha value is -1.62. The highest BCUT2D eigenvalue weighted by molar-refractivity contribution is 5.52. The van der Waals surface area contributed by atoms with Gasteiger partial charge >= 0.3 is 0 Å². The van der Waals surface area contributed by atoms with Gasteiger partial charge in [-0.3, -0.25) is 0 Å². The van der Waals surface area contributed by atoms with Crippen molar-refractivity contribution in [3.8, 4) is 18.1 Å². The van der Waals surface area contributed by atoms with Gasteiger partial charge in [-0.05, 0) is 36.6 Å². The average Bonchev–Trinajstić information content (AvgIpc) is 2.26. The molecule has 1 aliphatic rings. The summed E-state index contributed by atoms with van der Waals surface area (Å²) >= 11 is 0. The molecule has 0 bridgehead atoms. The van der Waals surface area contributed by atoms with Gasteiger partial charge in [0.2, 0.25) is 0 Å². The van der Waals surface area contributed by atoms with Gasteiger partial charge in [0.05, 0.1) is 13.2 Å². The Kier molecular flexibility index (Phi) is 2.60. The summed E-state index contributed by atoms with van der Waals surface area (Å²) < 4.78 is 5.51. The minimum Gasteiger partial charge on any atom is -0.493 e. The molecule has 0 unspecified atom stereocenters. The minimum absolute atomic E-state index is 0.569. The van der Waals surface area contributed by atoms with Crippen molar-refractivity contribution in [3.63, 3.8) is 0 Å². The number of hydrogen-bond donors (Lipinski definition) is 1. The predicted octanol–water partition coefficient (Wildman–Crippen LogP) is 2.06. The lowest BCUT2D eigenvalue weighted by atomic mass is 10.1. The Bertz CT molecular complexity index is 365. The smallest absolute Gasteiger partial charge is 0.122 e. The highest BCUT2D eigenvalue weighted by Gasteiger charge is 2.09. The predicted molar refractivity (Wildman–Crippen MR) is 57.6 cm³/mol. The van der Waals surface area contributed by atoms with E-state index in [1.54, 1.807) is 0 Å². The second kappa shape index (κ2) is 4.06. The zero-order valence-electron chi connectivity index (χ0n) is 8.05. The molecule has 1 aromatic carbocycles. The lowest BCUT2D eigenvalue weighted by Gasteiger charge is -2.17. The fourth-order valence-electron chi connectivity index (χ4n) is 1.62. The lowest BCUT2D eigenvalue weighted by molar-refractivity contribution is 0.288. The normalized spacial score (nSPS) is 13.6. The van der Waals surface area contributed by atoms with Crippen molar-refractivity contribution >= 4 is 5.69 Å². The van der Waals surface area contributed by atoms with Gasteiger partial charge in [0.25, 0.3) is 0 Å². The maximum Gasteiger partial charge on any atom is 0.122 e. The van der Waals surface area contributed by atoms with E-state index in [1.165, 1.54) is 5.56 Å². The molecular weight excluding hydrogens is 174 g/mol. The summed E-state index contributed by atoms with van der Waals surface area (Å²) in [6.45, 7) is 1.41. The van der Waals surface area contributed by atoms with E-state index in [-0.39, 0.29) is 0 Å². The van der Waals surface area contributed by atoms with Gasteiger partial charge in [0, 0.05) is 5.69 Å². The molecule has 14 heavy (non-hydrogen) atoms. The van der Waals surface area contributed by atoms with Crippen molar-refractivity contribution in [1.82, 2.24) is 0 Å². The van der Waals surface area contributed by atoms with Crippen LogP contribution in [0.15, 0.2) is 18.2 Å². The number of aryl methyl sites for hydroxylation is 1. The Morgan fingerprint density at radius 2 is 2.43 bits per heavy atom. The van der Waals surface area contributed by atoms with Crippen LogP contribution in [0, 0.1) is 12.3 Å². The molecule has 2 heteroatoms. The molecule has 1 heterocycles. The molecule has 1 aliphatic heterocycles. The second-order valence-electron chi connectivity index (χ2n) is 3.33. The van der Waals surface area contributed by atoms with Crippen molar-refractivity contribution in [3.05, 3.63) is 23.8 Å². The topological polar surface area (TPSA) is 21.3 Å². The van der Waals surface area contributed by atoms with Crippen LogP contribution in [0.25, 0.3) is 0 Å². The number of terminal acetylenes is 1. The van der Waals surface area contributed by atoms with Crippen molar-refractivity contribution in [2.45, 2.75) is 12.8 Å². The highest BCUT2D eigenvalue weighted by Crippen LogP contribution is 2.27. The molecule has 1 N–H and O–H groups in total. The molecule has 0 amide bonds. The number of anilines is 1. The molecule has 0 aromatic heterocycles. The van der Waals surface area contributed by atoms with Crippen LogP contribution < -0.4 is 10.1 Å². The quantitative estimate of drug-likeness (QED) is 0.715. The summed E-state index contributed by atoms with van der Waals surface area (Å²) in [7, 11) is 0. The molecule has 0 saturated carbocycles. The molecule has 2 rings (SSSR count). The fraction of sp³-hybridized carbons (Fsp3) is 0.333. The second-order valence-corrected chi connectivity index (χ2v) is 3.33. The summed E-state index contributed by atoms with van der Waals surface area (Å²) in [6, 6.07) is 6.13. The maximum absolute atomic E-state index is 5.51. The van der Waals surface area contributed by atoms with E-state index in [0.29, 0.717) is 6.54 Å². The van der Waals surface area contributed by atoms with Gasteiger partial charge in [-0.1, -0.05) is 5.92 Å². The van der Waals surface area contributed by atoms with Gasteiger partial charge in [0.1, 0.15) is 5.75 Å².